The quantitative estimate of drug-likeness (QED) is 0.367. The summed E-state index contributed by atoms with van der Waals surface area (Å²) in [7, 11) is 1.92. The summed E-state index contributed by atoms with van der Waals surface area (Å²) >= 11 is 0. The number of benzene rings is 2. The van der Waals surface area contributed by atoms with Crippen LogP contribution in [-0.2, 0) is 4.74 Å². The van der Waals surface area contributed by atoms with Crippen molar-refractivity contribution in [2.45, 2.75) is 46.3 Å². The maximum absolute atomic E-state index is 13.7. The summed E-state index contributed by atoms with van der Waals surface area (Å²) in [6.07, 6.45) is 0. The lowest BCUT2D eigenvalue weighted by Crippen LogP contribution is -2.27. The minimum Gasteiger partial charge on any atom is -0.456 e. The van der Waals surface area contributed by atoms with Crippen LogP contribution in [0.5, 0.6) is 0 Å². The molecule has 2 aromatic heterocycles. The van der Waals surface area contributed by atoms with E-state index >= 15 is 0 Å². The fourth-order valence-corrected chi connectivity index (χ4v) is 3.30. The van der Waals surface area contributed by atoms with E-state index in [0.29, 0.717) is 44.8 Å². The standard InChI is InChI=1S/C25H26FN3O3/c1-14(2)29(6)23-22(21-13-16-11-17(26)8-10-20(16)31-21)27-18-9-7-15(12-19(18)28-23)24(30)32-25(3,4)5/h7-14H,1-6H3. The van der Waals surface area contributed by atoms with Crippen LogP contribution in [0.1, 0.15) is 45.0 Å². The molecule has 0 aliphatic heterocycles. The van der Waals surface area contributed by atoms with Crippen LogP contribution in [0, 0.1) is 5.82 Å². The van der Waals surface area contributed by atoms with Gasteiger partial charge in [-0.15, -0.1) is 0 Å². The van der Waals surface area contributed by atoms with Crippen molar-refractivity contribution in [2.24, 2.45) is 0 Å². The number of hydrogen-bond donors (Lipinski definition) is 0. The molecule has 4 rings (SSSR count). The van der Waals surface area contributed by atoms with Gasteiger partial charge in [-0.1, -0.05) is 0 Å². The van der Waals surface area contributed by atoms with Crippen molar-refractivity contribution in [3.05, 3.63) is 53.8 Å². The maximum Gasteiger partial charge on any atom is 0.338 e. The Labute approximate surface area is 186 Å². The number of esters is 1. The molecule has 0 amide bonds. The normalized spacial score (nSPS) is 12.0. The number of nitrogens with zero attached hydrogens (tertiary/aromatic N) is 3. The number of ether oxygens (including phenoxy) is 1. The van der Waals surface area contributed by atoms with E-state index in [0.717, 1.165) is 0 Å². The van der Waals surface area contributed by atoms with Crippen LogP contribution in [0.3, 0.4) is 0 Å². The number of anilines is 1. The number of carbonyl (C=O) groups is 1. The van der Waals surface area contributed by atoms with Crippen molar-refractivity contribution in [3.8, 4) is 11.5 Å². The Morgan fingerprint density at radius 3 is 2.50 bits per heavy atom. The Hall–Kier alpha value is -3.48. The van der Waals surface area contributed by atoms with Crippen LogP contribution in [0.4, 0.5) is 10.2 Å². The third kappa shape index (κ3) is 4.28. The summed E-state index contributed by atoms with van der Waals surface area (Å²) in [6.45, 7) is 9.56. The van der Waals surface area contributed by atoms with Crippen LogP contribution in [0.15, 0.2) is 46.9 Å². The average Bonchev–Trinajstić information content (AvgIpc) is 3.13. The monoisotopic (exact) mass is 435 g/mol. The van der Waals surface area contributed by atoms with E-state index < -0.39 is 11.6 Å². The van der Waals surface area contributed by atoms with Gasteiger partial charge in [0.1, 0.15) is 22.7 Å². The third-order valence-corrected chi connectivity index (χ3v) is 5.10. The maximum atomic E-state index is 13.7. The average molecular weight is 435 g/mol. The molecular weight excluding hydrogens is 409 g/mol. The molecule has 0 aliphatic carbocycles. The first kappa shape index (κ1) is 21.7. The molecule has 0 unspecified atom stereocenters. The molecule has 0 N–H and O–H groups in total. The summed E-state index contributed by atoms with van der Waals surface area (Å²) in [4.78, 5) is 24.1. The van der Waals surface area contributed by atoms with Crippen molar-refractivity contribution in [3.63, 3.8) is 0 Å². The largest absolute Gasteiger partial charge is 0.456 e. The second-order valence-corrected chi connectivity index (χ2v) is 9.10. The van der Waals surface area contributed by atoms with Crippen molar-refractivity contribution in [2.75, 3.05) is 11.9 Å². The Morgan fingerprint density at radius 1 is 1.06 bits per heavy atom. The molecule has 0 bridgehead atoms. The van der Waals surface area contributed by atoms with Crippen LogP contribution in [0.25, 0.3) is 33.5 Å². The van der Waals surface area contributed by atoms with E-state index in [-0.39, 0.29) is 11.9 Å². The van der Waals surface area contributed by atoms with Gasteiger partial charge in [0.2, 0.25) is 0 Å². The molecule has 4 aromatic rings. The summed E-state index contributed by atoms with van der Waals surface area (Å²) in [5, 5.41) is 0.653. The molecular formula is C25H26FN3O3. The number of fused-ring (bicyclic) bond motifs is 2. The van der Waals surface area contributed by atoms with E-state index in [1.54, 1.807) is 30.3 Å². The topological polar surface area (TPSA) is 68.5 Å². The lowest BCUT2D eigenvalue weighted by Gasteiger charge is -2.24. The Balaban J connectivity index is 1.87. The Kier molecular flexibility index (Phi) is 5.36. The highest BCUT2D eigenvalue weighted by Crippen LogP contribution is 2.34. The minimum absolute atomic E-state index is 0.136. The van der Waals surface area contributed by atoms with Crippen molar-refractivity contribution < 1.29 is 18.3 Å². The predicted molar refractivity (Wildman–Crippen MR) is 123 cm³/mol. The fourth-order valence-electron chi connectivity index (χ4n) is 3.30. The van der Waals surface area contributed by atoms with Crippen LogP contribution in [0.2, 0.25) is 0 Å². The number of halogens is 1. The molecule has 166 valence electrons. The van der Waals surface area contributed by atoms with Gasteiger partial charge >= 0.3 is 5.97 Å². The van der Waals surface area contributed by atoms with Crippen molar-refractivity contribution in [1.29, 1.82) is 0 Å². The number of hydrogen-bond acceptors (Lipinski definition) is 6. The van der Waals surface area contributed by atoms with Gasteiger partial charge in [-0.05, 0) is 77.1 Å². The lowest BCUT2D eigenvalue weighted by molar-refractivity contribution is 0.00696. The number of rotatable bonds is 4. The van der Waals surface area contributed by atoms with Crippen LogP contribution < -0.4 is 4.90 Å². The molecule has 32 heavy (non-hydrogen) atoms. The summed E-state index contributed by atoms with van der Waals surface area (Å²) in [5.74, 6) is 0.360. The first-order valence-electron chi connectivity index (χ1n) is 10.5. The number of aromatic nitrogens is 2. The van der Waals surface area contributed by atoms with E-state index in [2.05, 4.69) is 0 Å². The molecule has 0 radical (unpaired) electrons. The molecule has 6 nitrogen and oxygen atoms in total. The number of carbonyl (C=O) groups excluding carboxylic acids is 1. The first-order chi connectivity index (χ1) is 15.0. The highest BCUT2D eigenvalue weighted by Gasteiger charge is 2.22. The first-order valence-corrected chi connectivity index (χ1v) is 10.5. The fraction of sp³-hybridized carbons (Fsp3) is 0.320. The van der Waals surface area contributed by atoms with Crippen molar-refractivity contribution >= 4 is 33.8 Å². The van der Waals surface area contributed by atoms with E-state index in [4.69, 9.17) is 19.1 Å². The molecule has 7 heteroatoms. The smallest absolute Gasteiger partial charge is 0.338 e. The van der Waals surface area contributed by atoms with Gasteiger partial charge in [0.05, 0.1) is 16.6 Å². The molecule has 0 atom stereocenters. The second-order valence-electron chi connectivity index (χ2n) is 9.10. The van der Waals surface area contributed by atoms with Gasteiger partial charge in [-0.3, -0.25) is 0 Å². The molecule has 0 aliphatic rings. The van der Waals surface area contributed by atoms with Gasteiger partial charge in [0, 0.05) is 18.5 Å². The molecule has 2 aromatic carbocycles. The molecule has 0 fully saturated rings. The zero-order valence-corrected chi connectivity index (χ0v) is 19.1. The van der Waals surface area contributed by atoms with E-state index in [1.165, 1.54) is 12.1 Å². The van der Waals surface area contributed by atoms with E-state index in [9.17, 15) is 9.18 Å². The highest BCUT2D eigenvalue weighted by molar-refractivity contribution is 5.95. The van der Waals surface area contributed by atoms with Gasteiger partial charge in [-0.2, -0.15) is 0 Å². The Morgan fingerprint density at radius 2 is 1.81 bits per heavy atom. The van der Waals surface area contributed by atoms with Crippen LogP contribution >= 0.6 is 0 Å². The minimum atomic E-state index is -0.592. The van der Waals surface area contributed by atoms with E-state index in [1.807, 2.05) is 46.6 Å². The number of furan rings is 1. The molecule has 0 spiro atoms. The highest BCUT2D eigenvalue weighted by atomic mass is 19.1. The second kappa shape index (κ2) is 7.89. The van der Waals surface area contributed by atoms with Gasteiger partial charge in [0.15, 0.2) is 11.6 Å². The zero-order valence-electron chi connectivity index (χ0n) is 19.1. The lowest BCUT2D eigenvalue weighted by atomic mass is 10.1. The molecule has 0 saturated carbocycles. The third-order valence-electron chi connectivity index (χ3n) is 5.10. The molecule has 2 heterocycles. The Bertz CT molecular complexity index is 1320. The summed E-state index contributed by atoms with van der Waals surface area (Å²) < 4.78 is 25.1. The zero-order chi connectivity index (χ0) is 23.2. The SMILES string of the molecule is CC(C)N(C)c1nc2cc(C(=O)OC(C)(C)C)ccc2nc1-c1cc2cc(F)ccc2o1. The van der Waals surface area contributed by atoms with Gasteiger partial charge < -0.3 is 14.1 Å². The van der Waals surface area contributed by atoms with Gasteiger partial charge in [0.25, 0.3) is 0 Å². The van der Waals surface area contributed by atoms with Crippen molar-refractivity contribution in [1.82, 2.24) is 9.97 Å². The summed E-state index contributed by atoms with van der Waals surface area (Å²) in [6, 6.07) is 11.4. The molecule has 0 saturated heterocycles. The van der Waals surface area contributed by atoms with Crippen LogP contribution in [-0.4, -0.2) is 34.6 Å². The van der Waals surface area contributed by atoms with Gasteiger partial charge in [-0.25, -0.2) is 19.2 Å². The summed E-state index contributed by atoms with van der Waals surface area (Å²) in [5.41, 5.74) is 2.12. The predicted octanol–water partition coefficient (Wildman–Crippen LogP) is 5.98.